The summed E-state index contributed by atoms with van der Waals surface area (Å²) in [7, 11) is 4.14. The zero-order chi connectivity index (χ0) is 6.20. The first kappa shape index (κ1) is 9.62. The zero-order valence-corrected chi connectivity index (χ0v) is 8.06. The molecule has 9 heavy (non-hydrogen) atoms. The van der Waals surface area contributed by atoms with Crippen molar-refractivity contribution >= 4 is 0 Å². The van der Waals surface area contributed by atoms with Crippen molar-refractivity contribution in [2.75, 3.05) is 27.2 Å². The third-order valence-corrected chi connectivity index (χ3v) is 1.74. The number of rotatable bonds is 0. The minimum Gasteiger partial charge on any atom is -1.00 e. The van der Waals surface area contributed by atoms with E-state index in [2.05, 4.69) is 14.1 Å². The van der Waals surface area contributed by atoms with Crippen LogP contribution < -0.4 is 24.0 Å². The van der Waals surface area contributed by atoms with Crippen LogP contribution in [-0.4, -0.2) is 37.8 Å². The highest BCUT2D eigenvalue weighted by Gasteiger charge is 2.29. The van der Waals surface area contributed by atoms with E-state index in [9.17, 15) is 4.39 Å². The van der Waals surface area contributed by atoms with Crippen LogP contribution in [-0.2, 0) is 0 Å². The third kappa shape index (κ3) is 2.80. The molecule has 56 valence electrons. The van der Waals surface area contributed by atoms with Gasteiger partial charge in [0.2, 0.25) is 0 Å². The smallest absolute Gasteiger partial charge is 0.154 e. The summed E-state index contributed by atoms with van der Waals surface area (Å²) in [6.45, 7) is 1.71. The van der Waals surface area contributed by atoms with Gasteiger partial charge in [0.05, 0.1) is 20.6 Å². The predicted octanol–water partition coefficient (Wildman–Crippen LogP) is -2.19. The van der Waals surface area contributed by atoms with Crippen LogP contribution in [0.4, 0.5) is 4.39 Å². The first-order valence-electron chi connectivity index (χ1n) is 3.06. The van der Waals surface area contributed by atoms with Crippen LogP contribution in [0.15, 0.2) is 0 Å². The average Bonchev–Trinajstić information content (AvgIpc) is 1.82. The van der Waals surface area contributed by atoms with Crippen molar-refractivity contribution in [2.24, 2.45) is 0 Å². The van der Waals surface area contributed by atoms with Crippen molar-refractivity contribution in [2.45, 2.75) is 12.6 Å². The van der Waals surface area contributed by atoms with E-state index >= 15 is 0 Å². The summed E-state index contributed by atoms with van der Waals surface area (Å²) >= 11 is 0. The number of halogens is 2. The number of alkyl halides is 1. The number of hydrogen-bond acceptors (Lipinski definition) is 0. The van der Waals surface area contributed by atoms with Crippen LogP contribution in [0.1, 0.15) is 6.42 Å². The SMILES string of the molecule is C[N+]1(C)CC[C@@H](F)C1.[I-]. The van der Waals surface area contributed by atoms with Crippen LogP contribution in [0.2, 0.25) is 0 Å². The van der Waals surface area contributed by atoms with Gasteiger partial charge in [-0.25, -0.2) is 4.39 Å². The lowest BCUT2D eigenvalue weighted by molar-refractivity contribution is -0.878. The maximum Gasteiger partial charge on any atom is 0.154 e. The molecular formula is C6H13FIN. The van der Waals surface area contributed by atoms with Crippen molar-refractivity contribution in [1.82, 2.24) is 0 Å². The Labute approximate surface area is 72.8 Å². The fourth-order valence-corrected chi connectivity index (χ4v) is 1.21. The molecule has 0 saturated carbocycles. The van der Waals surface area contributed by atoms with Gasteiger partial charge in [-0.15, -0.1) is 0 Å². The molecule has 1 atom stereocenters. The Hall–Kier alpha value is 0.620. The molecule has 0 spiro atoms. The van der Waals surface area contributed by atoms with Crippen LogP contribution in [0.5, 0.6) is 0 Å². The molecule has 0 amide bonds. The monoisotopic (exact) mass is 245 g/mol. The average molecular weight is 245 g/mol. The molecule has 0 unspecified atom stereocenters. The lowest BCUT2D eigenvalue weighted by Crippen LogP contribution is -3.00. The van der Waals surface area contributed by atoms with Crippen molar-refractivity contribution < 1.29 is 32.9 Å². The van der Waals surface area contributed by atoms with Crippen molar-refractivity contribution in [1.29, 1.82) is 0 Å². The second-order valence-electron chi connectivity index (χ2n) is 3.23. The molecule has 0 N–H and O–H groups in total. The molecule has 0 aromatic rings. The van der Waals surface area contributed by atoms with Crippen LogP contribution in [0, 0.1) is 0 Å². The van der Waals surface area contributed by atoms with Gasteiger partial charge in [-0.2, -0.15) is 0 Å². The summed E-state index contributed by atoms with van der Waals surface area (Å²) in [5, 5.41) is 0. The van der Waals surface area contributed by atoms with E-state index in [0.29, 0.717) is 6.54 Å². The molecule has 0 radical (unpaired) electrons. The van der Waals surface area contributed by atoms with Gasteiger partial charge in [0.25, 0.3) is 0 Å². The second-order valence-corrected chi connectivity index (χ2v) is 3.23. The number of nitrogens with zero attached hydrogens (tertiary/aromatic N) is 1. The van der Waals surface area contributed by atoms with Crippen LogP contribution >= 0.6 is 0 Å². The Morgan fingerprint density at radius 1 is 1.44 bits per heavy atom. The van der Waals surface area contributed by atoms with Gasteiger partial charge < -0.3 is 28.5 Å². The van der Waals surface area contributed by atoms with E-state index in [0.717, 1.165) is 17.4 Å². The summed E-state index contributed by atoms with van der Waals surface area (Å²) in [5.41, 5.74) is 0. The van der Waals surface area contributed by atoms with E-state index in [1.807, 2.05) is 0 Å². The van der Waals surface area contributed by atoms with E-state index in [1.54, 1.807) is 0 Å². The molecule has 0 aromatic carbocycles. The number of likely N-dealkylation sites (tertiary alicyclic amines) is 1. The maximum atomic E-state index is 12.4. The number of quaternary nitrogens is 1. The maximum absolute atomic E-state index is 12.4. The summed E-state index contributed by atoms with van der Waals surface area (Å²) in [4.78, 5) is 0. The quantitative estimate of drug-likeness (QED) is 0.336. The molecule has 1 nitrogen and oxygen atoms in total. The van der Waals surface area contributed by atoms with Gasteiger partial charge in [0, 0.05) is 6.42 Å². The minimum atomic E-state index is -0.537. The van der Waals surface area contributed by atoms with Crippen molar-refractivity contribution in [3.8, 4) is 0 Å². The van der Waals surface area contributed by atoms with Gasteiger partial charge in [-0.1, -0.05) is 0 Å². The summed E-state index contributed by atoms with van der Waals surface area (Å²) < 4.78 is 13.3. The highest BCUT2D eigenvalue weighted by Crippen LogP contribution is 2.15. The van der Waals surface area contributed by atoms with Crippen molar-refractivity contribution in [3.63, 3.8) is 0 Å². The van der Waals surface area contributed by atoms with Gasteiger partial charge in [-0.05, 0) is 0 Å². The molecule has 1 fully saturated rings. The van der Waals surface area contributed by atoms with Crippen LogP contribution in [0.25, 0.3) is 0 Å². The molecule has 1 aliphatic rings. The Morgan fingerprint density at radius 2 is 2.00 bits per heavy atom. The van der Waals surface area contributed by atoms with Crippen molar-refractivity contribution in [3.05, 3.63) is 0 Å². The summed E-state index contributed by atoms with van der Waals surface area (Å²) in [5.74, 6) is 0. The van der Waals surface area contributed by atoms with Gasteiger partial charge >= 0.3 is 0 Å². The zero-order valence-electron chi connectivity index (χ0n) is 5.90. The van der Waals surface area contributed by atoms with Crippen LogP contribution in [0.3, 0.4) is 0 Å². The van der Waals surface area contributed by atoms with Gasteiger partial charge in [0.15, 0.2) is 6.17 Å². The van der Waals surface area contributed by atoms with E-state index in [1.165, 1.54) is 0 Å². The van der Waals surface area contributed by atoms with E-state index in [-0.39, 0.29) is 24.0 Å². The molecule has 1 aliphatic heterocycles. The fraction of sp³-hybridized carbons (Fsp3) is 1.00. The molecule has 1 heterocycles. The summed E-state index contributed by atoms with van der Waals surface area (Å²) in [6, 6.07) is 0. The minimum absolute atomic E-state index is 0. The predicted molar refractivity (Wildman–Crippen MR) is 31.4 cm³/mol. The molecular weight excluding hydrogens is 232 g/mol. The molecule has 0 aromatic heterocycles. The molecule has 3 heteroatoms. The Bertz CT molecular complexity index is 95.1. The second kappa shape index (κ2) is 3.14. The standard InChI is InChI=1S/C6H13FN.HI/c1-8(2)4-3-6(7)5-8;/h6H,3-5H2,1-2H3;1H/q+1;/p-1/t6-;/m1./s1. The third-order valence-electron chi connectivity index (χ3n) is 1.74. The van der Waals surface area contributed by atoms with Gasteiger partial charge in [0.1, 0.15) is 6.54 Å². The Kier molecular flexibility index (Phi) is 3.36. The molecule has 0 bridgehead atoms. The van der Waals surface area contributed by atoms with E-state index in [4.69, 9.17) is 0 Å². The normalized spacial score (nSPS) is 31.7. The largest absolute Gasteiger partial charge is 1.00 e. The lowest BCUT2D eigenvalue weighted by atomic mass is 10.3. The first-order valence-corrected chi connectivity index (χ1v) is 3.06. The van der Waals surface area contributed by atoms with E-state index < -0.39 is 6.17 Å². The Morgan fingerprint density at radius 3 is 2.11 bits per heavy atom. The highest BCUT2D eigenvalue weighted by atomic mass is 127. The Balaban J connectivity index is 0.000000640. The fourth-order valence-electron chi connectivity index (χ4n) is 1.21. The molecule has 1 saturated heterocycles. The topological polar surface area (TPSA) is 0 Å². The first-order chi connectivity index (χ1) is 3.60. The molecule has 0 aliphatic carbocycles. The highest BCUT2D eigenvalue weighted by molar-refractivity contribution is 4.60. The summed E-state index contributed by atoms with van der Waals surface area (Å²) in [6.07, 6.45) is 0.220. The molecule has 1 rings (SSSR count). The number of hydrogen-bond donors (Lipinski definition) is 0. The van der Waals surface area contributed by atoms with Gasteiger partial charge in [-0.3, -0.25) is 0 Å². The lowest BCUT2D eigenvalue weighted by Gasteiger charge is -2.21.